The number of carbonyl (C=O) groups excluding carboxylic acids is 1. The van der Waals surface area contributed by atoms with Crippen LogP contribution in [0.2, 0.25) is 0 Å². The fourth-order valence-electron chi connectivity index (χ4n) is 2.01. The zero-order valence-corrected chi connectivity index (χ0v) is 10.3. The molecule has 2 amide bonds. The average Bonchev–Trinajstić information content (AvgIpc) is 2.72. The number of hydrogen-bond acceptors (Lipinski definition) is 2. The molecule has 1 heterocycles. The molecule has 0 aromatic heterocycles. The van der Waals surface area contributed by atoms with E-state index in [1.165, 1.54) is 0 Å². The van der Waals surface area contributed by atoms with Crippen molar-refractivity contribution in [3.05, 3.63) is 29.8 Å². The maximum atomic E-state index is 11.5. The van der Waals surface area contributed by atoms with Gasteiger partial charge >= 0.3 is 6.03 Å². The van der Waals surface area contributed by atoms with E-state index in [2.05, 4.69) is 5.32 Å². The first-order chi connectivity index (χ1) is 8.24. The van der Waals surface area contributed by atoms with E-state index in [-0.39, 0.29) is 12.1 Å². The molecule has 17 heavy (non-hydrogen) atoms. The second-order valence-electron chi connectivity index (χ2n) is 4.04. The zero-order chi connectivity index (χ0) is 12.3. The van der Waals surface area contributed by atoms with Crippen LogP contribution in [-0.2, 0) is 0 Å². The van der Waals surface area contributed by atoms with Crippen molar-refractivity contribution in [1.82, 2.24) is 10.2 Å². The first-order valence-electron chi connectivity index (χ1n) is 6.02. The van der Waals surface area contributed by atoms with E-state index in [1.807, 2.05) is 38.1 Å². The van der Waals surface area contributed by atoms with E-state index in [0.717, 1.165) is 24.4 Å². The largest absolute Gasteiger partial charge is 0.494 e. The molecule has 1 N–H and O–H groups in total. The van der Waals surface area contributed by atoms with Gasteiger partial charge in [0.25, 0.3) is 0 Å². The van der Waals surface area contributed by atoms with Gasteiger partial charge in [0.2, 0.25) is 0 Å². The van der Waals surface area contributed by atoms with E-state index < -0.39 is 0 Å². The molecule has 0 saturated carbocycles. The lowest BCUT2D eigenvalue weighted by molar-refractivity contribution is 0.219. The van der Waals surface area contributed by atoms with Gasteiger partial charge in [-0.2, -0.15) is 0 Å². The lowest BCUT2D eigenvalue weighted by Gasteiger charge is -2.12. The van der Waals surface area contributed by atoms with Crippen LogP contribution in [0.3, 0.4) is 0 Å². The Morgan fingerprint density at radius 3 is 2.59 bits per heavy atom. The molecule has 0 radical (unpaired) electrons. The number of hydrogen-bond donors (Lipinski definition) is 1. The first kappa shape index (κ1) is 11.8. The van der Waals surface area contributed by atoms with E-state index in [9.17, 15) is 4.79 Å². The molecule has 0 aliphatic carbocycles. The Bertz CT molecular complexity index is 389. The van der Waals surface area contributed by atoms with Gasteiger partial charge in [-0.15, -0.1) is 0 Å². The van der Waals surface area contributed by atoms with Gasteiger partial charge in [0.05, 0.1) is 12.6 Å². The second-order valence-corrected chi connectivity index (χ2v) is 4.04. The van der Waals surface area contributed by atoms with Crippen LogP contribution in [0.5, 0.6) is 5.75 Å². The van der Waals surface area contributed by atoms with Crippen molar-refractivity contribution >= 4 is 6.03 Å². The summed E-state index contributed by atoms with van der Waals surface area (Å²) in [5, 5.41) is 2.97. The van der Waals surface area contributed by atoms with Crippen molar-refractivity contribution in [2.24, 2.45) is 0 Å². The molecule has 0 spiro atoms. The van der Waals surface area contributed by atoms with Crippen molar-refractivity contribution in [2.75, 3.05) is 19.7 Å². The van der Waals surface area contributed by atoms with Crippen LogP contribution in [0, 0.1) is 0 Å². The van der Waals surface area contributed by atoms with Gasteiger partial charge < -0.3 is 15.0 Å². The fraction of sp³-hybridized carbons (Fsp3) is 0.462. The number of ether oxygens (including phenoxy) is 1. The van der Waals surface area contributed by atoms with Crippen molar-refractivity contribution in [1.29, 1.82) is 0 Å². The predicted molar refractivity (Wildman–Crippen MR) is 66.1 cm³/mol. The molecule has 1 aromatic carbocycles. The highest BCUT2D eigenvalue weighted by Crippen LogP contribution is 2.22. The van der Waals surface area contributed by atoms with Crippen molar-refractivity contribution in [2.45, 2.75) is 19.9 Å². The number of urea groups is 1. The lowest BCUT2D eigenvalue weighted by atomic mass is 10.1. The number of benzene rings is 1. The predicted octanol–water partition coefficient (Wildman–Crippen LogP) is 2.17. The Morgan fingerprint density at radius 2 is 2.06 bits per heavy atom. The standard InChI is InChI=1S/C13H18N2O2/c1-3-15-9-12(14-13(15)16)10-5-7-11(8-6-10)17-4-2/h5-8,12H,3-4,9H2,1-2H3,(H,14,16). The molecule has 1 aliphatic rings. The third kappa shape index (κ3) is 2.52. The van der Waals surface area contributed by atoms with Crippen LogP contribution in [0.1, 0.15) is 25.5 Å². The third-order valence-electron chi connectivity index (χ3n) is 2.96. The Kier molecular flexibility index (Phi) is 3.52. The highest BCUT2D eigenvalue weighted by atomic mass is 16.5. The molecule has 1 unspecified atom stereocenters. The van der Waals surface area contributed by atoms with Crippen LogP contribution >= 0.6 is 0 Å². The average molecular weight is 234 g/mol. The van der Waals surface area contributed by atoms with Gasteiger partial charge in [-0.05, 0) is 31.5 Å². The fourth-order valence-corrected chi connectivity index (χ4v) is 2.01. The minimum Gasteiger partial charge on any atom is -0.494 e. The highest BCUT2D eigenvalue weighted by molar-refractivity contribution is 5.77. The monoisotopic (exact) mass is 234 g/mol. The number of nitrogens with one attached hydrogen (secondary N) is 1. The van der Waals surface area contributed by atoms with Gasteiger partial charge in [-0.25, -0.2) is 4.79 Å². The molecule has 1 aromatic rings. The number of carbonyl (C=O) groups is 1. The molecule has 1 atom stereocenters. The summed E-state index contributed by atoms with van der Waals surface area (Å²) in [6.45, 7) is 6.11. The van der Waals surface area contributed by atoms with E-state index >= 15 is 0 Å². The molecule has 92 valence electrons. The summed E-state index contributed by atoms with van der Waals surface area (Å²) < 4.78 is 5.39. The van der Waals surface area contributed by atoms with Crippen molar-refractivity contribution in [3.8, 4) is 5.75 Å². The van der Waals surface area contributed by atoms with E-state index in [4.69, 9.17) is 4.74 Å². The molecule has 1 fully saturated rings. The second kappa shape index (κ2) is 5.08. The molecular weight excluding hydrogens is 216 g/mol. The summed E-state index contributed by atoms with van der Waals surface area (Å²) >= 11 is 0. The summed E-state index contributed by atoms with van der Waals surface area (Å²) in [4.78, 5) is 13.4. The molecule has 0 bridgehead atoms. The maximum Gasteiger partial charge on any atom is 0.318 e. The summed E-state index contributed by atoms with van der Waals surface area (Å²) in [6.07, 6.45) is 0. The molecule has 4 nitrogen and oxygen atoms in total. The van der Waals surface area contributed by atoms with Gasteiger partial charge in [0.15, 0.2) is 0 Å². The Labute approximate surface area is 102 Å². The zero-order valence-electron chi connectivity index (χ0n) is 10.3. The molecule has 4 heteroatoms. The van der Waals surface area contributed by atoms with Crippen molar-refractivity contribution < 1.29 is 9.53 Å². The van der Waals surface area contributed by atoms with Crippen LogP contribution in [0.25, 0.3) is 0 Å². The van der Waals surface area contributed by atoms with Gasteiger partial charge in [-0.1, -0.05) is 12.1 Å². The lowest BCUT2D eigenvalue weighted by Crippen LogP contribution is -2.27. The van der Waals surface area contributed by atoms with Gasteiger partial charge in [-0.3, -0.25) is 0 Å². The maximum absolute atomic E-state index is 11.5. The minimum atomic E-state index is 0.0198. The number of rotatable bonds is 4. The first-order valence-corrected chi connectivity index (χ1v) is 6.02. The minimum absolute atomic E-state index is 0.0198. The van der Waals surface area contributed by atoms with Crippen LogP contribution in [-0.4, -0.2) is 30.6 Å². The smallest absolute Gasteiger partial charge is 0.318 e. The van der Waals surface area contributed by atoms with Crippen LogP contribution in [0.15, 0.2) is 24.3 Å². The normalized spacial score (nSPS) is 19.3. The SMILES string of the molecule is CCOc1ccc(C2CN(CC)C(=O)N2)cc1. The number of likely N-dealkylation sites (N-methyl/N-ethyl adjacent to an activating group) is 1. The van der Waals surface area contributed by atoms with Gasteiger partial charge in [0.1, 0.15) is 5.75 Å². The number of amides is 2. The van der Waals surface area contributed by atoms with Crippen molar-refractivity contribution in [3.63, 3.8) is 0 Å². The summed E-state index contributed by atoms with van der Waals surface area (Å²) in [5.74, 6) is 0.868. The highest BCUT2D eigenvalue weighted by Gasteiger charge is 2.28. The summed E-state index contributed by atoms with van der Waals surface area (Å²) in [5.41, 5.74) is 1.12. The summed E-state index contributed by atoms with van der Waals surface area (Å²) in [6, 6.07) is 8.02. The molecule has 1 aliphatic heterocycles. The molecule has 2 rings (SSSR count). The Hall–Kier alpha value is -1.71. The van der Waals surface area contributed by atoms with Crippen LogP contribution in [0.4, 0.5) is 4.79 Å². The van der Waals surface area contributed by atoms with Crippen LogP contribution < -0.4 is 10.1 Å². The van der Waals surface area contributed by atoms with E-state index in [0.29, 0.717) is 6.61 Å². The van der Waals surface area contributed by atoms with E-state index in [1.54, 1.807) is 4.90 Å². The Balaban J connectivity index is 2.06. The quantitative estimate of drug-likeness (QED) is 0.867. The molecular formula is C13H18N2O2. The topological polar surface area (TPSA) is 41.6 Å². The third-order valence-corrected chi connectivity index (χ3v) is 2.96. The van der Waals surface area contributed by atoms with Gasteiger partial charge in [0, 0.05) is 13.1 Å². The number of nitrogens with zero attached hydrogens (tertiary/aromatic N) is 1. The molecule has 1 saturated heterocycles. The summed E-state index contributed by atoms with van der Waals surface area (Å²) in [7, 11) is 0. The Morgan fingerprint density at radius 1 is 1.35 bits per heavy atom.